The Kier molecular flexibility index (Phi) is 8.76. The van der Waals surface area contributed by atoms with E-state index in [4.69, 9.17) is 15.4 Å². The van der Waals surface area contributed by atoms with Crippen molar-refractivity contribution in [3.05, 3.63) is 36.3 Å². The quantitative estimate of drug-likeness (QED) is 0.398. The van der Waals surface area contributed by atoms with E-state index in [1.54, 1.807) is 24.1 Å². The molecular weight excluding hydrogens is 473 g/mol. The van der Waals surface area contributed by atoms with Crippen molar-refractivity contribution >= 4 is 29.3 Å². The molecule has 2 fully saturated rings. The van der Waals surface area contributed by atoms with Crippen molar-refractivity contribution in [2.24, 2.45) is 5.84 Å². The van der Waals surface area contributed by atoms with Gasteiger partial charge in [0.2, 0.25) is 0 Å². The summed E-state index contributed by atoms with van der Waals surface area (Å²) in [6, 6.07) is 4.18. The van der Waals surface area contributed by atoms with E-state index < -0.39 is 30.3 Å². The average Bonchev–Trinajstić information content (AvgIpc) is 3.01. The number of alkyl halides is 2. The fourth-order valence-corrected chi connectivity index (χ4v) is 3.62. The highest BCUT2D eigenvalue weighted by atomic mass is 19.3. The Hall–Kier alpha value is -3.52. The molecule has 11 nitrogen and oxygen atoms in total. The number of cyclic esters (lactones) is 1. The molecule has 35 heavy (non-hydrogen) atoms. The van der Waals surface area contributed by atoms with E-state index in [9.17, 15) is 27.6 Å². The number of benzene rings is 1. The molecule has 0 aliphatic carbocycles. The molecule has 3 N–H and O–H groups in total. The zero-order valence-corrected chi connectivity index (χ0v) is 19.0. The number of anilines is 2. The van der Waals surface area contributed by atoms with Gasteiger partial charge < -0.3 is 20.0 Å². The number of ether oxygens (including phenoxy) is 1. The van der Waals surface area contributed by atoms with Gasteiger partial charge in [0.1, 0.15) is 18.5 Å². The van der Waals surface area contributed by atoms with E-state index >= 15 is 0 Å². The highest BCUT2D eigenvalue weighted by Crippen LogP contribution is 2.28. The maximum Gasteiger partial charge on any atom is 0.414 e. The van der Waals surface area contributed by atoms with Gasteiger partial charge in [-0.2, -0.15) is 8.78 Å². The predicted molar refractivity (Wildman–Crippen MR) is 119 cm³/mol. The van der Waals surface area contributed by atoms with Crippen molar-refractivity contribution < 1.29 is 37.1 Å². The van der Waals surface area contributed by atoms with Gasteiger partial charge in [0.15, 0.2) is 0 Å². The van der Waals surface area contributed by atoms with Crippen LogP contribution in [0.15, 0.2) is 30.5 Å². The Balaban J connectivity index is 1.59. The second-order valence-electron chi connectivity index (χ2n) is 7.77. The molecule has 0 radical (unpaired) electrons. The number of hydrazine groups is 1. The molecule has 2 aliphatic heterocycles. The number of hydroxylamine groups is 2. The van der Waals surface area contributed by atoms with Crippen LogP contribution in [0.4, 0.5) is 29.3 Å². The number of hydrogen-bond acceptors (Lipinski definition) is 8. The summed E-state index contributed by atoms with van der Waals surface area (Å²) >= 11 is 0. The molecule has 0 bridgehead atoms. The summed E-state index contributed by atoms with van der Waals surface area (Å²) < 4.78 is 44.7. The van der Waals surface area contributed by atoms with Crippen LogP contribution in [0.1, 0.15) is 6.92 Å². The normalized spacial score (nSPS) is 18.7. The lowest BCUT2D eigenvalue weighted by Gasteiger charge is -2.24. The Morgan fingerprint density at radius 1 is 1.31 bits per heavy atom. The number of allylic oxidation sites excluding steroid dienone is 1. The number of nitrogens with two attached hydrogens (primary N) is 1. The number of carbonyl (C=O) groups excluding carboxylic acids is 3. The maximum atomic E-state index is 15.0. The molecule has 1 aromatic rings. The van der Waals surface area contributed by atoms with Gasteiger partial charge in [-0.3, -0.25) is 19.3 Å². The number of amides is 3. The lowest BCUT2D eigenvalue weighted by atomic mass is 10.2. The lowest BCUT2D eigenvalue weighted by Crippen LogP contribution is -2.42. The number of halogens is 3. The molecule has 1 atom stereocenters. The molecule has 14 heteroatoms. The van der Waals surface area contributed by atoms with Crippen LogP contribution in [0.5, 0.6) is 0 Å². The molecule has 2 heterocycles. The average molecular weight is 500 g/mol. The van der Waals surface area contributed by atoms with E-state index in [1.165, 1.54) is 22.2 Å². The number of rotatable bonds is 8. The zero-order valence-electron chi connectivity index (χ0n) is 19.0. The predicted octanol–water partition coefficient (Wildman–Crippen LogP) is 0.822. The fourth-order valence-electron chi connectivity index (χ4n) is 3.62. The SMILES string of the molecule is C/C=C\N(N)CC(=O)N1CCN(c2ccc(N3C[C@H](CNC(=O)C(F)F)OC3=O)cc2F)CCO1. The van der Waals surface area contributed by atoms with Crippen molar-refractivity contribution in [2.75, 3.05) is 55.7 Å². The monoisotopic (exact) mass is 500 g/mol. The van der Waals surface area contributed by atoms with Gasteiger partial charge in [0.25, 0.3) is 11.8 Å². The molecule has 0 aromatic heterocycles. The van der Waals surface area contributed by atoms with Gasteiger partial charge in [-0.05, 0) is 25.1 Å². The van der Waals surface area contributed by atoms with Gasteiger partial charge in [0, 0.05) is 19.3 Å². The van der Waals surface area contributed by atoms with Gasteiger partial charge in [-0.1, -0.05) is 6.08 Å². The van der Waals surface area contributed by atoms with Crippen molar-refractivity contribution in [1.82, 2.24) is 15.4 Å². The smallest absolute Gasteiger partial charge is 0.414 e. The first kappa shape index (κ1) is 26.1. The first-order valence-electron chi connectivity index (χ1n) is 10.9. The Labute approximate surface area is 199 Å². The van der Waals surface area contributed by atoms with Crippen LogP contribution in [-0.2, 0) is 19.2 Å². The molecule has 2 aliphatic rings. The second-order valence-corrected chi connectivity index (χ2v) is 7.77. The Morgan fingerprint density at radius 2 is 2.09 bits per heavy atom. The number of nitrogens with one attached hydrogen (secondary N) is 1. The van der Waals surface area contributed by atoms with Crippen molar-refractivity contribution in [3.63, 3.8) is 0 Å². The van der Waals surface area contributed by atoms with Crippen molar-refractivity contribution in [1.29, 1.82) is 0 Å². The van der Waals surface area contributed by atoms with Crippen LogP contribution in [0.2, 0.25) is 0 Å². The standard InChI is InChI=1S/C21H27F3N6O5/c1-2-5-28(25)13-18(31)30-7-6-27(8-9-34-30)17-4-3-14(10-16(17)22)29-12-15(35-21(29)33)11-26-20(32)19(23)24/h2-5,10,15,19H,6-9,11-13,25H2,1H3,(H,26,32)/b5-2-/t15-/m0/s1. The number of nitrogens with zero attached hydrogens (tertiary/aromatic N) is 4. The molecule has 192 valence electrons. The zero-order chi connectivity index (χ0) is 25.5. The van der Waals surface area contributed by atoms with Crippen LogP contribution in [0.25, 0.3) is 0 Å². The molecule has 3 rings (SSSR count). The Morgan fingerprint density at radius 3 is 2.77 bits per heavy atom. The largest absolute Gasteiger partial charge is 0.442 e. The van der Waals surface area contributed by atoms with E-state index in [1.807, 2.05) is 5.32 Å². The molecule has 0 saturated carbocycles. The summed E-state index contributed by atoms with van der Waals surface area (Å²) in [7, 11) is 0. The molecular formula is C21H27F3N6O5. The van der Waals surface area contributed by atoms with E-state index in [0.29, 0.717) is 13.1 Å². The van der Waals surface area contributed by atoms with Crippen LogP contribution in [-0.4, -0.2) is 86.4 Å². The summed E-state index contributed by atoms with van der Waals surface area (Å²) in [5.74, 6) is 3.29. The lowest BCUT2D eigenvalue weighted by molar-refractivity contribution is -0.182. The highest BCUT2D eigenvalue weighted by molar-refractivity contribution is 5.90. The molecule has 2 saturated heterocycles. The van der Waals surface area contributed by atoms with Crippen molar-refractivity contribution in [3.8, 4) is 0 Å². The van der Waals surface area contributed by atoms with Gasteiger partial charge in [-0.25, -0.2) is 20.1 Å². The van der Waals surface area contributed by atoms with Crippen LogP contribution >= 0.6 is 0 Å². The first-order valence-corrected chi connectivity index (χ1v) is 10.9. The molecule has 0 spiro atoms. The first-order chi connectivity index (χ1) is 16.7. The third kappa shape index (κ3) is 6.76. The van der Waals surface area contributed by atoms with Gasteiger partial charge in [-0.15, -0.1) is 0 Å². The van der Waals surface area contributed by atoms with Crippen LogP contribution < -0.4 is 21.0 Å². The molecule has 1 aromatic carbocycles. The van der Waals surface area contributed by atoms with Crippen LogP contribution in [0, 0.1) is 5.82 Å². The summed E-state index contributed by atoms with van der Waals surface area (Å²) in [5.41, 5.74) is 0.475. The fraction of sp³-hybridized carbons (Fsp3) is 0.476. The Bertz CT molecular complexity index is 965. The van der Waals surface area contributed by atoms with E-state index in [-0.39, 0.29) is 50.1 Å². The molecule has 0 unspecified atom stereocenters. The highest BCUT2D eigenvalue weighted by Gasteiger charge is 2.33. The number of hydrogen-bond donors (Lipinski definition) is 2. The van der Waals surface area contributed by atoms with E-state index in [0.717, 1.165) is 11.0 Å². The third-order valence-electron chi connectivity index (χ3n) is 5.28. The van der Waals surface area contributed by atoms with E-state index in [2.05, 4.69) is 0 Å². The minimum absolute atomic E-state index is 0.0405. The molecule has 3 amide bonds. The third-order valence-corrected chi connectivity index (χ3v) is 5.28. The topological polar surface area (TPSA) is 121 Å². The summed E-state index contributed by atoms with van der Waals surface area (Å²) in [4.78, 5) is 43.9. The second kappa shape index (κ2) is 11.8. The van der Waals surface area contributed by atoms with Gasteiger partial charge >= 0.3 is 12.5 Å². The minimum atomic E-state index is -3.17. The maximum absolute atomic E-state index is 15.0. The summed E-state index contributed by atoms with van der Waals surface area (Å²) in [6.45, 7) is 2.32. The number of carbonyl (C=O) groups is 3. The summed E-state index contributed by atoms with van der Waals surface area (Å²) in [6.07, 6.45) is -1.56. The van der Waals surface area contributed by atoms with Crippen molar-refractivity contribution in [2.45, 2.75) is 19.5 Å². The summed E-state index contributed by atoms with van der Waals surface area (Å²) in [5, 5.41) is 4.41. The van der Waals surface area contributed by atoms with Crippen LogP contribution in [0.3, 0.4) is 0 Å². The van der Waals surface area contributed by atoms with Gasteiger partial charge in [0.05, 0.1) is 37.6 Å². The minimum Gasteiger partial charge on any atom is -0.442 e.